The highest BCUT2D eigenvalue weighted by Gasteiger charge is 2.27. The highest BCUT2D eigenvalue weighted by molar-refractivity contribution is 7.87. The fourth-order valence-electron chi connectivity index (χ4n) is 4.94. The molecule has 3 aromatic heterocycles. The van der Waals surface area contributed by atoms with Crippen LogP contribution < -0.4 is 33.0 Å². The van der Waals surface area contributed by atoms with Crippen LogP contribution in [0.3, 0.4) is 0 Å². The molecule has 1 amide bonds. The quantitative estimate of drug-likeness (QED) is 0.0605. The zero-order chi connectivity index (χ0) is 43.1. The number of nitrogens with one attached hydrogen (secondary N) is 3. The molecular weight excluding hydrogens is 879 g/mol. The summed E-state index contributed by atoms with van der Waals surface area (Å²) in [5, 5.41) is 24.9. The number of nitrogens with zero attached hydrogens (tertiary/aromatic N) is 9. The molecule has 11 N–H and O–H groups in total. The number of aromatic hydroxyl groups is 1. The van der Waals surface area contributed by atoms with Crippen LogP contribution in [0, 0.1) is 6.92 Å². The fraction of sp³-hybridized carbons (Fsp3) is 0.111. The van der Waals surface area contributed by atoms with E-state index in [4.69, 9.17) is 34.7 Å². The number of rotatable bonds is 13. The number of aromatic nitrogens is 7. The number of nitrogen functional groups attached to an aromatic ring is 1. The van der Waals surface area contributed by atoms with Crippen molar-refractivity contribution >= 4 is 112 Å². The third-order valence-electron chi connectivity index (χ3n) is 7.33. The van der Waals surface area contributed by atoms with E-state index in [2.05, 4.69) is 56.1 Å². The van der Waals surface area contributed by atoms with Crippen molar-refractivity contribution < 1.29 is 48.8 Å². The fourth-order valence-corrected chi connectivity index (χ4v) is 7.26. The molecule has 2 aromatic carbocycles. The Morgan fingerprint density at radius 1 is 0.776 bits per heavy atom. The minimum absolute atomic E-state index is 0.00233. The maximum absolute atomic E-state index is 12.7. The van der Waals surface area contributed by atoms with Gasteiger partial charge < -0.3 is 32.5 Å². The van der Waals surface area contributed by atoms with Gasteiger partial charge in [0.1, 0.15) is 31.6 Å². The summed E-state index contributed by atoms with van der Waals surface area (Å²) in [5.74, 6) is -3.68. The Morgan fingerprint density at radius 3 is 1.84 bits per heavy atom. The molecule has 0 aliphatic rings. The van der Waals surface area contributed by atoms with Crippen LogP contribution in [0.5, 0.6) is 5.88 Å². The maximum atomic E-state index is 12.7. The summed E-state index contributed by atoms with van der Waals surface area (Å²) >= 11 is 11.9. The second-order valence-electron chi connectivity index (χ2n) is 11.2. The van der Waals surface area contributed by atoms with Gasteiger partial charge in [-0.3, -0.25) is 27.8 Å². The zero-order valence-corrected chi connectivity index (χ0v) is 32.8. The zero-order valence-electron chi connectivity index (χ0n) is 28.8. The first kappa shape index (κ1) is 42.9. The third-order valence-corrected chi connectivity index (χ3v) is 10.4. The van der Waals surface area contributed by atoms with E-state index in [0.29, 0.717) is 10.6 Å². The predicted molar refractivity (Wildman–Crippen MR) is 202 cm³/mol. The van der Waals surface area contributed by atoms with Crippen molar-refractivity contribution in [2.24, 2.45) is 16.0 Å². The highest BCUT2D eigenvalue weighted by Crippen LogP contribution is 2.38. The number of amides is 1. The predicted octanol–water partition coefficient (Wildman–Crippen LogP) is 2.63. The second-order valence-corrected chi connectivity index (χ2v) is 16.0. The number of azo groups is 1. The Labute approximate surface area is 334 Å². The van der Waals surface area contributed by atoms with Gasteiger partial charge in [-0.1, -0.05) is 0 Å². The van der Waals surface area contributed by atoms with Crippen molar-refractivity contribution in [1.29, 1.82) is 0 Å². The molecule has 58 heavy (non-hydrogen) atoms. The summed E-state index contributed by atoms with van der Waals surface area (Å²) in [5.41, 5.74) is 6.63. The molecule has 0 atom stereocenters. The van der Waals surface area contributed by atoms with Crippen molar-refractivity contribution in [2.75, 3.05) is 21.7 Å². The molecule has 5 rings (SSSR count). The number of hydrogen-bond donors (Lipinski definition) is 9. The van der Waals surface area contributed by atoms with Crippen LogP contribution in [0.4, 0.5) is 52.2 Å². The monoisotopic (exact) mass is 902 g/mol. The van der Waals surface area contributed by atoms with Gasteiger partial charge in [0.15, 0.2) is 0 Å². The Morgan fingerprint density at radius 2 is 1.31 bits per heavy atom. The minimum atomic E-state index is -5.36. The van der Waals surface area contributed by atoms with Gasteiger partial charge in [0.2, 0.25) is 40.2 Å². The van der Waals surface area contributed by atoms with Gasteiger partial charge >= 0.3 is 0 Å². The van der Waals surface area contributed by atoms with E-state index >= 15 is 0 Å². The van der Waals surface area contributed by atoms with E-state index < -0.39 is 102 Å². The maximum Gasteiger partial charge on any atom is 0.296 e. The molecule has 0 fully saturated rings. The number of carbonyl (C=O) groups excluding carboxylic acids is 1. The number of carbonyl (C=O) groups is 1. The van der Waals surface area contributed by atoms with Crippen LogP contribution in [-0.2, 0) is 36.9 Å². The number of pyridine rings is 1. The average Bonchev–Trinajstić information content (AvgIpc) is 3.06. The molecule has 0 aliphatic heterocycles. The van der Waals surface area contributed by atoms with E-state index in [1.54, 1.807) is 0 Å². The normalized spacial score (nSPS) is 12.1. The largest absolute Gasteiger partial charge is 0.493 e. The van der Waals surface area contributed by atoms with Crippen molar-refractivity contribution in [2.45, 2.75) is 35.1 Å². The van der Waals surface area contributed by atoms with Gasteiger partial charge in [0.05, 0.1) is 11.4 Å². The van der Waals surface area contributed by atoms with Crippen molar-refractivity contribution in [1.82, 2.24) is 34.5 Å². The minimum Gasteiger partial charge on any atom is -0.493 e. The van der Waals surface area contributed by atoms with Crippen LogP contribution in [0.25, 0.3) is 0 Å². The topological polar surface area (TPSA) is 413 Å². The van der Waals surface area contributed by atoms with Crippen LogP contribution in [0.2, 0.25) is 10.6 Å². The molecule has 0 spiro atoms. The van der Waals surface area contributed by atoms with Gasteiger partial charge in [-0.05, 0) is 67.4 Å². The smallest absolute Gasteiger partial charge is 0.296 e. The number of nitrogens with two attached hydrogens (primary N) is 2. The molecule has 0 bridgehead atoms. The van der Waals surface area contributed by atoms with Crippen LogP contribution >= 0.6 is 23.2 Å². The third kappa shape index (κ3) is 9.48. The number of halogens is 2. The van der Waals surface area contributed by atoms with Crippen molar-refractivity contribution in [3.05, 3.63) is 62.4 Å². The molecule has 26 nitrogen and oxygen atoms in total. The van der Waals surface area contributed by atoms with E-state index in [9.17, 15) is 53.6 Å². The van der Waals surface area contributed by atoms with Crippen molar-refractivity contribution in [3.63, 3.8) is 0 Å². The first-order valence-corrected chi connectivity index (χ1v) is 20.3. The Hall–Kier alpha value is -6.21. The summed E-state index contributed by atoms with van der Waals surface area (Å²) < 4.78 is 104. The summed E-state index contributed by atoms with van der Waals surface area (Å²) in [7, 11) is -15.6. The molecule has 3 heterocycles. The van der Waals surface area contributed by atoms with E-state index in [1.165, 1.54) is 13.8 Å². The van der Waals surface area contributed by atoms with E-state index in [-0.39, 0.29) is 46.7 Å². The summed E-state index contributed by atoms with van der Waals surface area (Å²) in [6, 6.07) is 4.14. The molecular formula is C27H24Cl2N14O12S3. The molecule has 0 saturated heterocycles. The number of benzene rings is 2. The molecule has 0 unspecified atom stereocenters. The van der Waals surface area contributed by atoms with E-state index in [1.807, 2.05) is 0 Å². The van der Waals surface area contributed by atoms with Crippen molar-refractivity contribution in [3.8, 4) is 5.88 Å². The second kappa shape index (κ2) is 16.0. The van der Waals surface area contributed by atoms with Crippen LogP contribution in [0.1, 0.15) is 22.8 Å². The molecule has 306 valence electrons. The molecule has 0 aliphatic carbocycles. The number of anilines is 7. The summed E-state index contributed by atoms with van der Waals surface area (Å²) in [6.07, 6.45) is 0. The first-order chi connectivity index (χ1) is 26.9. The molecule has 0 radical (unpaired) electrons. The standard InChI is InChI=1S/C27H24Cl2N14O12S3/c1-3-43-20(45)17(19(30)44)9(2)18(21(43)46)42-41-13-7-12(15(57(50,51)52)8-16(13)58(53,54)55)34-27-38-23(29)37-25(40-27)32-10-4-5-14(56(47,48)49)11(6-10)33-26-36-22(28)35-24(31)39-26/h4-8,46H,3H2,1-2H3,(H2,30,44)(H,47,48,49)(H,50,51,52)(H,53,54,55)(H3,31,33,35,36,39)(H2,32,34,37,38,40). The summed E-state index contributed by atoms with van der Waals surface area (Å²) in [4.78, 5) is 44.5. The molecule has 31 heteroatoms. The Balaban J connectivity index is 1.60. The van der Waals surface area contributed by atoms with Crippen LogP contribution in [-0.4, -0.2) is 84.4 Å². The lowest BCUT2D eigenvalue weighted by molar-refractivity contribution is 0.0997. The van der Waals surface area contributed by atoms with Gasteiger partial charge in [-0.25, -0.2) is 0 Å². The summed E-state index contributed by atoms with van der Waals surface area (Å²) in [6.45, 7) is 2.41. The number of hydrogen-bond acceptors (Lipinski definition) is 21. The van der Waals surface area contributed by atoms with Gasteiger partial charge in [-0.15, -0.1) is 10.2 Å². The molecule has 5 aromatic rings. The molecule has 0 saturated carbocycles. The Bertz CT molecular complexity index is 2950. The SMILES string of the molecule is CCn1c(O)c(N=Nc2cc(Nc3nc(Cl)nc(Nc4ccc(S(=O)(=O)O)c(Nc5nc(N)nc(Cl)n5)c4)n3)c(S(=O)(=O)O)cc2S(=O)(=O)O)c(C)c(C(N)=O)c1=O. The Kier molecular flexibility index (Phi) is 11.8. The van der Waals surface area contributed by atoms with Gasteiger partial charge in [0, 0.05) is 17.8 Å². The van der Waals surface area contributed by atoms with E-state index in [0.717, 1.165) is 18.2 Å². The lowest BCUT2D eigenvalue weighted by Gasteiger charge is -2.14. The van der Waals surface area contributed by atoms with Gasteiger partial charge in [0.25, 0.3) is 41.8 Å². The van der Waals surface area contributed by atoms with Crippen LogP contribution in [0.15, 0.2) is 60.0 Å². The number of primary amides is 1. The lowest BCUT2D eigenvalue weighted by atomic mass is 10.1. The highest BCUT2D eigenvalue weighted by atomic mass is 35.5. The lowest BCUT2D eigenvalue weighted by Crippen LogP contribution is -2.30. The van der Waals surface area contributed by atoms with Gasteiger partial charge in [-0.2, -0.15) is 55.2 Å². The first-order valence-electron chi connectivity index (χ1n) is 15.2. The average molecular weight is 904 g/mol.